The van der Waals surface area contributed by atoms with Crippen LogP contribution in [0.5, 0.6) is 0 Å². The minimum absolute atomic E-state index is 0.159. The van der Waals surface area contributed by atoms with Gasteiger partial charge in [0.05, 0.1) is 24.5 Å². The maximum absolute atomic E-state index is 12.4. The number of fused-ring (bicyclic) bond motifs is 1. The number of carbonyl (C=O) groups is 1. The van der Waals surface area contributed by atoms with Crippen LogP contribution in [0.25, 0.3) is 16.5 Å². The van der Waals surface area contributed by atoms with Gasteiger partial charge in [0, 0.05) is 44.2 Å². The van der Waals surface area contributed by atoms with Crippen LogP contribution < -0.4 is 0 Å². The zero-order valence-corrected chi connectivity index (χ0v) is 15.6. The number of aromatic nitrogens is 2. The maximum Gasteiger partial charge on any atom is 0.226 e. The molecule has 4 heterocycles. The molecule has 3 saturated heterocycles. The van der Waals surface area contributed by atoms with Gasteiger partial charge >= 0.3 is 0 Å². The number of carbonyl (C=O) groups excluding carboxylic acids is 1. The van der Waals surface area contributed by atoms with E-state index in [1.807, 2.05) is 15.8 Å². The Labute approximate surface area is 163 Å². The molecule has 1 amide bonds. The van der Waals surface area contributed by atoms with Gasteiger partial charge in [-0.05, 0) is 22.9 Å². The molecule has 2 aromatic carbocycles. The number of hydrogen-bond acceptors (Lipinski definition) is 4. The molecule has 28 heavy (non-hydrogen) atoms. The largest absolute Gasteiger partial charge is 0.352 e. The van der Waals surface area contributed by atoms with E-state index in [0.717, 1.165) is 37.3 Å². The standard InChI is InChI=1S/C22H22N4O2/c27-21-12-20-22(25(21)9-10-28-22)7-8-24(20)14-16-13-23-26(15-16)19-6-5-17-3-1-2-4-18(17)11-19/h1-6,11,13,15,20H,7-10,12,14H2/t20-,22+/m1/s1. The van der Waals surface area contributed by atoms with Gasteiger partial charge in [-0.1, -0.05) is 30.3 Å². The average Bonchev–Trinajstić information content (AvgIpc) is 3.47. The summed E-state index contributed by atoms with van der Waals surface area (Å²) in [5, 5.41) is 7.02. The molecule has 0 N–H and O–H groups in total. The summed E-state index contributed by atoms with van der Waals surface area (Å²) in [6.45, 7) is 3.15. The van der Waals surface area contributed by atoms with Crippen molar-refractivity contribution in [1.82, 2.24) is 19.6 Å². The van der Waals surface area contributed by atoms with Crippen molar-refractivity contribution in [3.05, 3.63) is 60.4 Å². The third-order valence-electron chi connectivity index (χ3n) is 6.53. The second kappa shape index (κ2) is 5.90. The molecule has 0 bridgehead atoms. The van der Waals surface area contributed by atoms with Gasteiger partial charge in [-0.3, -0.25) is 9.69 Å². The minimum atomic E-state index is -0.370. The minimum Gasteiger partial charge on any atom is -0.352 e. The van der Waals surface area contributed by atoms with Crippen molar-refractivity contribution in [2.24, 2.45) is 0 Å². The van der Waals surface area contributed by atoms with E-state index in [-0.39, 0.29) is 17.7 Å². The highest BCUT2D eigenvalue weighted by atomic mass is 16.5. The number of amides is 1. The SMILES string of the molecule is O=C1C[C@H]2N(Cc3cnn(-c4ccc5ccccc5c4)c3)CC[C@]23OCCN13. The summed E-state index contributed by atoms with van der Waals surface area (Å²) < 4.78 is 8.02. The summed E-state index contributed by atoms with van der Waals surface area (Å²) in [7, 11) is 0. The van der Waals surface area contributed by atoms with Crippen molar-refractivity contribution in [1.29, 1.82) is 0 Å². The van der Waals surface area contributed by atoms with Crippen molar-refractivity contribution in [3.63, 3.8) is 0 Å². The molecule has 1 spiro atoms. The summed E-state index contributed by atoms with van der Waals surface area (Å²) in [5.41, 5.74) is 1.85. The molecule has 0 saturated carbocycles. The third kappa shape index (κ3) is 2.28. The quantitative estimate of drug-likeness (QED) is 0.707. The second-order valence-corrected chi connectivity index (χ2v) is 8.00. The molecule has 6 heteroatoms. The van der Waals surface area contributed by atoms with Crippen LogP contribution in [0.15, 0.2) is 54.9 Å². The van der Waals surface area contributed by atoms with Crippen molar-refractivity contribution in [3.8, 4) is 5.69 Å². The van der Waals surface area contributed by atoms with Gasteiger partial charge in [0.1, 0.15) is 0 Å². The summed E-state index contributed by atoms with van der Waals surface area (Å²) >= 11 is 0. The van der Waals surface area contributed by atoms with Gasteiger partial charge in [-0.25, -0.2) is 4.68 Å². The van der Waals surface area contributed by atoms with Crippen LogP contribution in [-0.4, -0.2) is 57.0 Å². The number of benzene rings is 2. The Morgan fingerprint density at radius 2 is 2.04 bits per heavy atom. The van der Waals surface area contributed by atoms with E-state index in [9.17, 15) is 4.79 Å². The van der Waals surface area contributed by atoms with E-state index in [2.05, 4.69) is 58.7 Å². The first-order valence-electron chi connectivity index (χ1n) is 9.94. The molecule has 0 aliphatic carbocycles. The Bertz CT molecular complexity index is 1080. The Morgan fingerprint density at radius 3 is 2.96 bits per heavy atom. The number of rotatable bonds is 3. The van der Waals surface area contributed by atoms with Crippen LogP contribution in [0.1, 0.15) is 18.4 Å². The smallest absolute Gasteiger partial charge is 0.226 e. The lowest BCUT2D eigenvalue weighted by Gasteiger charge is -2.31. The molecule has 6 rings (SSSR count). The first-order valence-corrected chi connectivity index (χ1v) is 9.94. The Morgan fingerprint density at radius 1 is 1.14 bits per heavy atom. The van der Waals surface area contributed by atoms with Crippen molar-refractivity contribution < 1.29 is 9.53 Å². The summed E-state index contributed by atoms with van der Waals surface area (Å²) in [6, 6.07) is 14.9. The molecule has 3 aromatic rings. The predicted octanol–water partition coefficient (Wildman–Crippen LogP) is 2.56. The lowest BCUT2D eigenvalue weighted by Crippen LogP contribution is -2.47. The van der Waals surface area contributed by atoms with Gasteiger partial charge in [-0.15, -0.1) is 0 Å². The molecule has 3 aliphatic rings. The molecule has 0 radical (unpaired) electrons. The van der Waals surface area contributed by atoms with Crippen LogP contribution in [0.3, 0.4) is 0 Å². The van der Waals surface area contributed by atoms with Gasteiger partial charge < -0.3 is 9.64 Å². The fraction of sp³-hybridized carbons (Fsp3) is 0.364. The summed E-state index contributed by atoms with van der Waals surface area (Å²) in [6.07, 6.45) is 5.50. The molecular weight excluding hydrogens is 352 g/mol. The van der Waals surface area contributed by atoms with E-state index in [1.165, 1.54) is 10.8 Å². The zero-order chi connectivity index (χ0) is 18.7. The monoisotopic (exact) mass is 374 g/mol. The van der Waals surface area contributed by atoms with Crippen LogP contribution in [-0.2, 0) is 16.1 Å². The van der Waals surface area contributed by atoms with E-state index in [4.69, 9.17) is 4.74 Å². The van der Waals surface area contributed by atoms with E-state index < -0.39 is 0 Å². The topological polar surface area (TPSA) is 50.6 Å². The van der Waals surface area contributed by atoms with Gasteiger partial charge in [0.25, 0.3) is 0 Å². The van der Waals surface area contributed by atoms with E-state index in [1.54, 1.807) is 0 Å². The molecule has 6 nitrogen and oxygen atoms in total. The Hall–Kier alpha value is -2.70. The van der Waals surface area contributed by atoms with Gasteiger partial charge in [-0.2, -0.15) is 5.10 Å². The normalized spacial score (nSPS) is 26.9. The summed E-state index contributed by atoms with van der Waals surface area (Å²) in [4.78, 5) is 16.7. The molecular formula is C22H22N4O2. The van der Waals surface area contributed by atoms with Crippen LogP contribution in [0, 0.1) is 0 Å². The number of ether oxygens (including phenoxy) is 1. The Balaban J connectivity index is 1.25. The highest BCUT2D eigenvalue weighted by molar-refractivity contribution is 5.84. The number of hydrogen-bond donors (Lipinski definition) is 0. The summed E-state index contributed by atoms with van der Waals surface area (Å²) in [5.74, 6) is 0.235. The van der Waals surface area contributed by atoms with Gasteiger partial charge in [0.2, 0.25) is 5.91 Å². The lowest BCUT2D eigenvalue weighted by molar-refractivity contribution is -0.136. The van der Waals surface area contributed by atoms with Crippen molar-refractivity contribution in [2.45, 2.75) is 31.2 Å². The van der Waals surface area contributed by atoms with Crippen molar-refractivity contribution >= 4 is 16.7 Å². The molecule has 3 fully saturated rings. The second-order valence-electron chi connectivity index (χ2n) is 8.00. The predicted molar refractivity (Wildman–Crippen MR) is 105 cm³/mol. The maximum atomic E-state index is 12.4. The molecule has 2 atom stereocenters. The zero-order valence-electron chi connectivity index (χ0n) is 15.6. The molecule has 0 unspecified atom stereocenters. The lowest BCUT2D eigenvalue weighted by atomic mass is 10.1. The fourth-order valence-electron chi connectivity index (χ4n) is 5.20. The van der Waals surface area contributed by atoms with Crippen LogP contribution in [0.2, 0.25) is 0 Å². The highest BCUT2D eigenvalue weighted by Crippen LogP contribution is 2.45. The molecule has 3 aliphatic heterocycles. The fourth-order valence-corrected chi connectivity index (χ4v) is 5.20. The van der Waals surface area contributed by atoms with E-state index in [0.29, 0.717) is 13.0 Å². The van der Waals surface area contributed by atoms with Gasteiger partial charge in [0.15, 0.2) is 5.72 Å². The third-order valence-corrected chi connectivity index (χ3v) is 6.53. The average molecular weight is 374 g/mol. The van der Waals surface area contributed by atoms with Crippen LogP contribution >= 0.6 is 0 Å². The number of likely N-dealkylation sites (tertiary alicyclic amines) is 1. The highest BCUT2D eigenvalue weighted by Gasteiger charge is 2.61. The van der Waals surface area contributed by atoms with Crippen LogP contribution in [0.4, 0.5) is 0 Å². The number of nitrogens with zero attached hydrogens (tertiary/aromatic N) is 4. The molecule has 1 aromatic heterocycles. The van der Waals surface area contributed by atoms with Crippen molar-refractivity contribution in [2.75, 3.05) is 19.7 Å². The Kier molecular flexibility index (Phi) is 3.43. The first kappa shape index (κ1) is 16.3. The first-order chi connectivity index (χ1) is 13.7. The van der Waals surface area contributed by atoms with E-state index >= 15 is 0 Å². The molecule has 142 valence electrons.